The van der Waals surface area contributed by atoms with Crippen molar-refractivity contribution in [1.29, 1.82) is 0 Å². The summed E-state index contributed by atoms with van der Waals surface area (Å²) in [5, 5.41) is 40.3. The van der Waals surface area contributed by atoms with Gasteiger partial charge in [0.2, 0.25) is 0 Å². The fraction of sp³-hybridized carbons (Fsp3) is 0.360. The molecular weight excluding hydrogens is 456 g/mol. The van der Waals surface area contributed by atoms with Crippen LogP contribution in [-0.2, 0) is 22.0 Å². The summed E-state index contributed by atoms with van der Waals surface area (Å²) in [6.45, 7) is 1.03. The normalized spacial score (nSPS) is 25.0. The van der Waals surface area contributed by atoms with Gasteiger partial charge >= 0.3 is 5.69 Å². The lowest BCUT2D eigenvalue weighted by Gasteiger charge is -2.28. The maximum Gasteiger partial charge on any atom is 0.332 e. The number of nitrogens with one attached hydrogen (secondary N) is 1. The average Bonchev–Trinajstić information content (AvgIpc) is 3.10. The molecule has 5 atom stereocenters. The van der Waals surface area contributed by atoms with Gasteiger partial charge in [0, 0.05) is 6.20 Å². The van der Waals surface area contributed by atoms with Crippen LogP contribution in [0.5, 0.6) is 0 Å². The van der Waals surface area contributed by atoms with Gasteiger partial charge in [-0.05, 0) is 23.1 Å². The van der Waals surface area contributed by atoms with E-state index < -0.39 is 42.1 Å². The number of ether oxygens (including phenoxy) is 2. The van der Waals surface area contributed by atoms with Gasteiger partial charge in [-0.25, -0.2) is 9.36 Å². The Labute approximate surface area is 200 Å². The molecule has 35 heavy (non-hydrogen) atoms. The second-order valence-corrected chi connectivity index (χ2v) is 8.41. The number of benzene rings is 2. The van der Waals surface area contributed by atoms with E-state index >= 15 is 0 Å². The van der Waals surface area contributed by atoms with Crippen molar-refractivity contribution in [2.24, 2.45) is 0 Å². The van der Waals surface area contributed by atoms with Crippen LogP contribution in [0.3, 0.4) is 0 Å². The third-order valence-corrected chi connectivity index (χ3v) is 6.16. The second-order valence-electron chi connectivity index (χ2n) is 8.41. The number of aromatic amines is 1. The Kier molecular flexibility index (Phi) is 7.31. The first-order valence-corrected chi connectivity index (χ1v) is 11.3. The SMILES string of the molecule is CCC(OCc1cn([C@]2(O)O[C@H](CO)[C@@H](O)[C@H]2O)c(=O)[nH]c1=O)c1ccc(-c2ccccc2)cc1. The lowest BCUT2D eigenvalue weighted by molar-refractivity contribution is -0.291. The van der Waals surface area contributed by atoms with Crippen LogP contribution in [0.25, 0.3) is 11.1 Å². The Morgan fingerprint density at radius 3 is 2.34 bits per heavy atom. The number of aliphatic hydroxyl groups excluding tert-OH is 3. The quantitative estimate of drug-likeness (QED) is 0.311. The number of aromatic nitrogens is 2. The van der Waals surface area contributed by atoms with Crippen molar-refractivity contribution in [2.45, 2.75) is 50.3 Å². The summed E-state index contributed by atoms with van der Waals surface area (Å²) >= 11 is 0. The molecule has 5 N–H and O–H groups in total. The zero-order valence-corrected chi connectivity index (χ0v) is 19.1. The molecule has 0 amide bonds. The molecule has 0 saturated carbocycles. The van der Waals surface area contributed by atoms with Crippen molar-refractivity contribution in [1.82, 2.24) is 9.55 Å². The summed E-state index contributed by atoms with van der Waals surface area (Å²) in [5.41, 5.74) is 1.25. The molecule has 2 heterocycles. The Morgan fingerprint density at radius 1 is 1.09 bits per heavy atom. The van der Waals surface area contributed by atoms with Crippen LogP contribution in [-0.4, -0.2) is 54.9 Å². The number of H-pyrrole nitrogens is 1. The number of hydrogen-bond donors (Lipinski definition) is 5. The maximum absolute atomic E-state index is 12.4. The van der Waals surface area contributed by atoms with Gasteiger partial charge in [-0.15, -0.1) is 0 Å². The van der Waals surface area contributed by atoms with Crippen LogP contribution in [0, 0.1) is 0 Å². The Morgan fingerprint density at radius 2 is 1.74 bits per heavy atom. The maximum atomic E-state index is 12.4. The number of aliphatic hydroxyl groups is 4. The predicted octanol–water partition coefficient (Wildman–Crippen LogP) is 0.587. The second kappa shape index (κ2) is 10.2. The highest BCUT2D eigenvalue weighted by molar-refractivity contribution is 5.63. The van der Waals surface area contributed by atoms with E-state index in [4.69, 9.17) is 9.47 Å². The third-order valence-electron chi connectivity index (χ3n) is 6.16. The lowest BCUT2D eigenvalue weighted by Crippen LogP contribution is -2.52. The van der Waals surface area contributed by atoms with Gasteiger partial charge < -0.3 is 29.9 Å². The molecule has 0 bridgehead atoms. The minimum Gasteiger partial charge on any atom is -0.394 e. The fourth-order valence-electron chi connectivity index (χ4n) is 4.15. The van der Waals surface area contributed by atoms with E-state index in [1.54, 1.807) is 0 Å². The highest BCUT2D eigenvalue weighted by Gasteiger charge is 2.55. The molecule has 4 rings (SSSR count). The summed E-state index contributed by atoms with van der Waals surface area (Å²) in [6, 6.07) is 17.8. The Bertz CT molecular complexity index is 1260. The van der Waals surface area contributed by atoms with Gasteiger partial charge in [0.25, 0.3) is 11.5 Å². The Hall–Kier alpha value is -3.12. The Balaban J connectivity index is 1.54. The van der Waals surface area contributed by atoms with E-state index in [0.29, 0.717) is 11.0 Å². The molecule has 1 fully saturated rings. The monoisotopic (exact) mass is 484 g/mol. The van der Waals surface area contributed by atoms with Crippen LogP contribution in [0.15, 0.2) is 70.4 Å². The molecule has 186 valence electrons. The van der Waals surface area contributed by atoms with Gasteiger partial charge in [-0.1, -0.05) is 61.5 Å². The molecule has 1 aromatic heterocycles. The number of nitrogens with zero attached hydrogens (tertiary/aromatic N) is 1. The summed E-state index contributed by atoms with van der Waals surface area (Å²) in [5.74, 6) is -2.68. The van der Waals surface area contributed by atoms with Crippen molar-refractivity contribution in [3.63, 3.8) is 0 Å². The molecular formula is C25H28N2O8. The lowest BCUT2D eigenvalue weighted by atomic mass is 10.0. The minimum atomic E-state index is -2.68. The van der Waals surface area contributed by atoms with Crippen LogP contribution in [0.1, 0.15) is 30.6 Å². The van der Waals surface area contributed by atoms with Crippen molar-refractivity contribution >= 4 is 0 Å². The van der Waals surface area contributed by atoms with Gasteiger partial charge in [0.15, 0.2) is 6.10 Å². The highest BCUT2D eigenvalue weighted by Crippen LogP contribution is 2.32. The number of hydrogen-bond acceptors (Lipinski definition) is 8. The van der Waals surface area contributed by atoms with Crippen molar-refractivity contribution in [2.75, 3.05) is 6.61 Å². The van der Waals surface area contributed by atoms with E-state index in [9.17, 15) is 30.0 Å². The van der Waals surface area contributed by atoms with Crippen LogP contribution >= 0.6 is 0 Å². The molecule has 0 radical (unpaired) electrons. The first-order chi connectivity index (χ1) is 16.8. The first kappa shape index (κ1) is 25.0. The van der Waals surface area contributed by atoms with Gasteiger partial charge in [-0.2, -0.15) is 0 Å². The average molecular weight is 485 g/mol. The molecule has 1 unspecified atom stereocenters. The molecule has 10 heteroatoms. The third kappa shape index (κ3) is 4.85. The van der Waals surface area contributed by atoms with Crippen molar-refractivity contribution in [3.05, 3.63) is 92.8 Å². The van der Waals surface area contributed by atoms with Gasteiger partial charge in [-0.3, -0.25) is 9.78 Å². The molecule has 0 spiro atoms. The zero-order chi connectivity index (χ0) is 25.2. The minimum absolute atomic E-state index is 0.00452. The van der Waals surface area contributed by atoms with E-state index in [2.05, 4.69) is 4.98 Å². The van der Waals surface area contributed by atoms with Gasteiger partial charge in [0.05, 0.1) is 24.9 Å². The molecule has 1 saturated heterocycles. The van der Waals surface area contributed by atoms with E-state index in [0.717, 1.165) is 22.9 Å². The zero-order valence-electron chi connectivity index (χ0n) is 19.1. The molecule has 3 aromatic rings. The molecule has 10 nitrogen and oxygen atoms in total. The predicted molar refractivity (Wildman–Crippen MR) is 125 cm³/mol. The van der Waals surface area contributed by atoms with Crippen LogP contribution < -0.4 is 11.2 Å². The molecule has 1 aliphatic rings. The summed E-state index contributed by atoms with van der Waals surface area (Å²) in [7, 11) is 0. The number of rotatable bonds is 8. The molecule has 1 aliphatic heterocycles. The standard InChI is InChI=1S/C25H28N2O8/c1-2-19(17-10-8-16(9-11-17)15-6-4-3-5-7-15)34-14-18-12-27(24(32)26-23(18)31)25(33)22(30)21(29)20(13-28)35-25/h3-12,19-22,28-30,33H,2,13-14H2,1H3,(H,26,31,32)/t19?,20-,21-,22-,25-/m1/s1. The van der Waals surface area contributed by atoms with Gasteiger partial charge in [0.1, 0.15) is 12.2 Å². The fourth-order valence-corrected chi connectivity index (χ4v) is 4.15. The topological polar surface area (TPSA) is 154 Å². The summed E-state index contributed by atoms with van der Waals surface area (Å²) in [4.78, 5) is 26.8. The summed E-state index contributed by atoms with van der Waals surface area (Å²) < 4.78 is 11.7. The highest BCUT2D eigenvalue weighted by atomic mass is 16.7. The van der Waals surface area contributed by atoms with Crippen LogP contribution in [0.2, 0.25) is 0 Å². The van der Waals surface area contributed by atoms with E-state index in [1.807, 2.05) is 61.5 Å². The molecule has 2 aromatic carbocycles. The van der Waals surface area contributed by atoms with E-state index in [-0.39, 0.29) is 18.3 Å². The largest absolute Gasteiger partial charge is 0.394 e. The smallest absolute Gasteiger partial charge is 0.332 e. The van der Waals surface area contributed by atoms with Crippen molar-refractivity contribution < 1.29 is 29.9 Å². The van der Waals surface area contributed by atoms with Crippen LogP contribution in [0.4, 0.5) is 0 Å². The summed E-state index contributed by atoms with van der Waals surface area (Å²) in [6.07, 6.45) is -3.63. The van der Waals surface area contributed by atoms with Crippen molar-refractivity contribution in [3.8, 4) is 11.1 Å². The van der Waals surface area contributed by atoms with E-state index in [1.165, 1.54) is 0 Å². The molecule has 0 aliphatic carbocycles. The first-order valence-electron chi connectivity index (χ1n) is 11.3.